The van der Waals surface area contributed by atoms with Crippen molar-refractivity contribution >= 4 is 11.6 Å². The largest absolute Gasteiger partial charge is 0.329 e. The summed E-state index contributed by atoms with van der Waals surface area (Å²) in [5, 5.41) is 12.2. The minimum atomic E-state index is -0.996. The fourth-order valence-corrected chi connectivity index (χ4v) is 2.38. The van der Waals surface area contributed by atoms with Gasteiger partial charge in [0, 0.05) is 25.1 Å². The number of rotatable bonds is 5. The van der Waals surface area contributed by atoms with Crippen LogP contribution in [0.3, 0.4) is 0 Å². The maximum Gasteiger partial charge on any atom is 0.249 e. The Labute approximate surface area is 139 Å². The van der Waals surface area contributed by atoms with Crippen LogP contribution >= 0.6 is 0 Å². The number of benzene rings is 1. The second kappa shape index (κ2) is 7.20. The monoisotopic (exact) mass is 317 g/mol. The smallest absolute Gasteiger partial charge is 0.249 e. The van der Waals surface area contributed by atoms with Crippen LogP contribution in [-0.4, -0.2) is 20.4 Å². The number of amides is 1. The number of nitriles is 1. The molecule has 24 heavy (non-hydrogen) atoms. The van der Waals surface area contributed by atoms with Crippen LogP contribution in [0.25, 0.3) is 0 Å². The van der Waals surface area contributed by atoms with Crippen LogP contribution in [0.15, 0.2) is 67.3 Å². The van der Waals surface area contributed by atoms with Crippen molar-refractivity contribution in [1.29, 1.82) is 5.26 Å². The molecule has 1 aromatic carbocycles. The van der Waals surface area contributed by atoms with Gasteiger partial charge in [-0.15, -0.1) is 0 Å². The SMILES string of the molecule is N#C[C@H](C(=O)Nc1cccnc1)c1nccn1Cc1ccccc1. The molecular formula is C18H15N5O. The van der Waals surface area contributed by atoms with Gasteiger partial charge >= 0.3 is 0 Å². The van der Waals surface area contributed by atoms with Gasteiger partial charge in [-0.25, -0.2) is 4.98 Å². The van der Waals surface area contributed by atoms with Crippen LogP contribution in [0, 0.1) is 11.3 Å². The van der Waals surface area contributed by atoms with E-state index in [2.05, 4.69) is 15.3 Å². The first-order valence-corrected chi connectivity index (χ1v) is 7.43. The first-order valence-electron chi connectivity index (χ1n) is 7.43. The molecule has 1 atom stereocenters. The van der Waals surface area contributed by atoms with E-state index < -0.39 is 11.8 Å². The van der Waals surface area contributed by atoms with Crippen molar-refractivity contribution in [2.45, 2.75) is 12.5 Å². The van der Waals surface area contributed by atoms with Crippen LogP contribution in [0.2, 0.25) is 0 Å². The molecule has 0 unspecified atom stereocenters. The Morgan fingerprint density at radius 2 is 2.04 bits per heavy atom. The van der Waals surface area contributed by atoms with Gasteiger partial charge in [-0.2, -0.15) is 5.26 Å². The molecule has 3 aromatic rings. The summed E-state index contributed by atoms with van der Waals surface area (Å²) in [6, 6.07) is 15.3. The van der Waals surface area contributed by atoms with Crippen molar-refractivity contribution in [3.63, 3.8) is 0 Å². The zero-order valence-corrected chi connectivity index (χ0v) is 12.8. The Kier molecular flexibility index (Phi) is 4.63. The lowest BCUT2D eigenvalue weighted by Gasteiger charge is -2.12. The Morgan fingerprint density at radius 3 is 2.75 bits per heavy atom. The summed E-state index contributed by atoms with van der Waals surface area (Å²) in [5.74, 6) is -1.00. The number of nitrogens with one attached hydrogen (secondary N) is 1. The van der Waals surface area contributed by atoms with Crippen molar-refractivity contribution in [2.24, 2.45) is 0 Å². The first kappa shape index (κ1) is 15.4. The topological polar surface area (TPSA) is 83.6 Å². The number of anilines is 1. The minimum absolute atomic E-state index is 0.419. The van der Waals surface area contributed by atoms with Gasteiger partial charge in [-0.1, -0.05) is 30.3 Å². The lowest BCUT2D eigenvalue weighted by Crippen LogP contribution is -2.23. The number of carbonyl (C=O) groups is 1. The third kappa shape index (κ3) is 3.47. The van der Waals surface area contributed by atoms with Crippen molar-refractivity contribution in [3.05, 3.63) is 78.6 Å². The molecule has 0 saturated carbocycles. The van der Waals surface area contributed by atoms with E-state index in [0.717, 1.165) is 5.56 Å². The maximum absolute atomic E-state index is 12.4. The van der Waals surface area contributed by atoms with Crippen LogP contribution < -0.4 is 5.32 Å². The molecule has 0 saturated heterocycles. The molecule has 2 aromatic heterocycles. The lowest BCUT2D eigenvalue weighted by molar-refractivity contribution is -0.116. The standard InChI is InChI=1S/C18H15N5O/c19-11-16(18(24)22-15-7-4-8-20-12-15)17-21-9-10-23(17)13-14-5-2-1-3-6-14/h1-10,12,16H,13H2,(H,22,24)/t16-/m0/s1. The molecular weight excluding hydrogens is 302 g/mol. The third-order valence-electron chi connectivity index (χ3n) is 3.52. The fraction of sp³-hybridized carbons (Fsp3) is 0.111. The van der Waals surface area contributed by atoms with E-state index in [1.165, 1.54) is 6.20 Å². The van der Waals surface area contributed by atoms with E-state index in [1.807, 2.05) is 41.0 Å². The summed E-state index contributed by atoms with van der Waals surface area (Å²) in [4.78, 5) is 20.6. The van der Waals surface area contributed by atoms with E-state index in [1.54, 1.807) is 30.7 Å². The van der Waals surface area contributed by atoms with E-state index in [4.69, 9.17) is 0 Å². The maximum atomic E-state index is 12.4. The van der Waals surface area contributed by atoms with Crippen molar-refractivity contribution < 1.29 is 4.79 Å². The zero-order valence-electron chi connectivity index (χ0n) is 12.8. The Hall–Kier alpha value is -3.46. The van der Waals surface area contributed by atoms with Crippen LogP contribution in [0.4, 0.5) is 5.69 Å². The van der Waals surface area contributed by atoms with Gasteiger partial charge in [0.05, 0.1) is 18.0 Å². The summed E-state index contributed by atoms with van der Waals surface area (Å²) in [5.41, 5.74) is 1.62. The number of nitrogens with zero attached hydrogens (tertiary/aromatic N) is 4. The Morgan fingerprint density at radius 1 is 1.21 bits per heavy atom. The second-order valence-corrected chi connectivity index (χ2v) is 5.19. The Bertz CT molecular complexity index is 852. The molecule has 2 heterocycles. The summed E-state index contributed by atoms with van der Waals surface area (Å²) >= 11 is 0. The van der Waals surface area contributed by atoms with Gasteiger partial charge in [0.25, 0.3) is 0 Å². The van der Waals surface area contributed by atoms with Gasteiger partial charge in [-0.3, -0.25) is 9.78 Å². The number of aromatic nitrogens is 3. The lowest BCUT2D eigenvalue weighted by atomic mass is 10.1. The molecule has 1 amide bonds. The molecule has 0 radical (unpaired) electrons. The van der Waals surface area contributed by atoms with Gasteiger partial charge in [0.1, 0.15) is 5.82 Å². The predicted molar refractivity (Wildman–Crippen MR) is 89.0 cm³/mol. The van der Waals surface area contributed by atoms with Crippen molar-refractivity contribution in [2.75, 3.05) is 5.32 Å². The average molecular weight is 317 g/mol. The predicted octanol–water partition coefficient (Wildman–Crippen LogP) is 2.57. The van der Waals surface area contributed by atoms with Gasteiger partial charge in [-0.05, 0) is 17.7 Å². The molecule has 0 aliphatic carbocycles. The van der Waals surface area contributed by atoms with Crippen molar-refractivity contribution in [1.82, 2.24) is 14.5 Å². The van der Waals surface area contributed by atoms with E-state index >= 15 is 0 Å². The van der Waals surface area contributed by atoms with Gasteiger partial charge in [0.15, 0.2) is 5.92 Å². The molecule has 0 spiro atoms. The molecule has 0 aliphatic heterocycles. The zero-order chi connectivity index (χ0) is 16.8. The molecule has 1 N–H and O–H groups in total. The van der Waals surface area contributed by atoms with Gasteiger partial charge < -0.3 is 9.88 Å². The molecule has 6 heteroatoms. The molecule has 3 rings (SSSR count). The molecule has 0 bridgehead atoms. The second-order valence-electron chi connectivity index (χ2n) is 5.19. The van der Waals surface area contributed by atoms with Crippen molar-refractivity contribution in [3.8, 4) is 6.07 Å². The number of pyridine rings is 1. The normalized spacial score (nSPS) is 11.5. The Balaban J connectivity index is 1.80. The highest BCUT2D eigenvalue weighted by Crippen LogP contribution is 2.17. The first-order chi connectivity index (χ1) is 11.8. The van der Waals surface area contributed by atoms with E-state index in [9.17, 15) is 10.1 Å². The number of hydrogen-bond donors (Lipinski definition) is 1. The quantitative estimate of drug-likeness (QED) is 0.784. The molecule has 118 valence electrons. The number of imidazole rings is 1. The summed E-state index contributed by atoms with van der Waals surface area (Å²) in [6.07, 6.45) is 6.51. The van der Waals surface area contributed by atoms with E-state index in [0.29, 0.717) is 18.1 Å². The number of carbonyl (C=O) groups excluding carboxylic acids is 1. The van der Waals surface area contributed by atoms with Gasteiger partial charge in [0.2, 0.25) is 5.91 Å². The highest BCUT2D eigenvalue weighted by atomic mass is 16.1. The average Bonchev–Trinajstić information content (AvgIpc) is 3.05. The highest BCUT2D eigenvalue weighted by molar-refractivity contribution is 5.97. The van der Waals surface area contributed by atoms with Crippen LogP contribution in [-0.2, 0) is 11.3 Å². The highest BCUT2D eigenvalue weighted by Gasteiger charge is 2.25. The minimum Gasteiger partial charge on any atom is -0.329 e. The van der Waals surface area contributed by atoms with E-state index in [-0.39, 0.29) is 0 Å². The number of hydrogen-bond acceptors (Lipinski definition) is 4. The molecule has 6 nitrogen and oxygen atoms in total. The third-order valence-corrected chi connectivity index (χ3v) is 3.52. The molecule has 0 aliphatic rings. The van der Waals surface area contributed by atoms with Crippen LogP contribution in [0.5, 0.6) is 0 Å². The molecule has 0 fully saturated rings. The summed E-state index contributed by atoms with van der Waals surface area (Å²) in [7, 11) is 0. The summed E-state index contributed by atoms with van der Waals surface area (Å²) < 4.78 is 1.81. The summed E-state index contributed by atoms with van der Waals surface area (Å²) in [6.45, 7) is 0.550. The fourth-order valence-electron chi connectivity index (χ4n) is 2.38. The van der Waals surface area contributed by atoms with Crippen LogP contribution in [0.1, 0.15) is 17.3 Å².